The lowest BCUT2D eigenvalue weighted by atomic mass is 10.2. The number of rotatable bonds is 10. The van der Waals surface area contributed by atoms with Gasteiger partial charge in [-0.2, -0.15) is 5.11 Å². The lowest BCUT2D eigenvalue weighted by Crippen LogP contribution is -2.26. The van der Waals surface area contributed by atoms with Gasteiger partial charge in [0.25, 0.3) is 0 Å². The van der Waals surface area contributed by atoms with E-state index in [1.807, 2.05) is 13.8 Å². The van der Waals surface area contributed by atoms with E-state index >= 15 is 0 Å². The minimum atomic E-state index is -0.766. The molecule has 0 radical (unpaired) electrons. The van der Waals surface area contributed by atoms with Crippen LogP contribution in [0.25, 0.3) is 0 Å². The number of aromatic hydroxyl groups is 1. The molecule has 28 heavy (non-hydrogen) atoms. The van der Waals surface area contributed by atoms with Gasteiger partial charge in [-0.25, -0.2) is 4.79 Å². The van der Waals surface area contributed by atoms with Crippen molar-refractivity contribution in [2.75, 3.05) is 13.2 Å². The predicted octanol–water partition coefficient (Wildman–Crippen LogP) is 5.32. The Hall–Kier alpha value is -3.09. The molecule has 1 N–H and O–H groups in total. The smallest absolute Gasteiger partial charge is 0.347 e. The number of ether oxygens (including phenoxy) is 3. The van der Waals surface area contributed by atoms with Crippen LogP contribution in [0.15, 0.2) is 52.7 Å². The molecular weight excluding hydrogens is 360 g/mol. The Balaban J connectivity index is 2.02. The van der Waals surface area contributed by atoms with Crippen molar-refractivity contribution in [3.63, 3.8) is 0 Å². The molecule has 0 saturated carbocycles. The zero-order chi connectivity index (χ0) is 20.4. The summed E-state index contributed by atoms with van der Waals surface area (Å²) in [5, 5.41) is 18.2. The summed E-state index contributed by atoms with van der Waals surface area (Å²) in [4.78, 5) is 11.9. The second kappa shape index (κ2) is 10.9. The maximum Gasteiger partial charge on any atom is 0.347 e. The molecule has 0 fully saturated rings. The third-order valence-corrected chi connectivity index (χ3v) is 3.75. The van der Waals surface area contributed by atoms with Crippen LogP contribution in [0.2, 0.25) is 0 Å². The molecule has 0 bridgehead atoms. The predicted molar refractivity (Wildman–Crippen MR) is 106 cm³/mol. The Morgan fingerprint density at radius 2 is 1.79 bits per heavy atom. The number of phenolic OH excluding ortho intramolecular Hbond substituents is 1. The zero-order valence-corrected chi connectivity index (χ0v) is 16.4. The molecule has 1 atom stereocenters. The largest absolute Gasteiger partial charge is 0.506 e. The van der Waals surface area contributed by atoms with Gasteiger partial charge in [0.05, 0.1) is 18.9 Å². The maximum atomic E-state index is 11.9. The fourth-order valence-corrected chi connectivity index (χ4v) is 2.23. The lowest BCUT2D eigenvalue weighted by Gasteiger charge is -2.14. The third-order valence-electron chi connectivity index (χ3n) is 3.75. The summed E-state index contributed by atoms with van der Waals surface area (Å²) in [6, 6.07) is 11.6. The van der Waals surface area contributed by atoms with E-state index in [1.165, 1.54) is 12.1 Å². The van der Waals surface area contributed by atoms with E-state index < -0.39 is 12.1 Å². The SMILES string of the molecule is CCCCOC(=O)C(C)Oc1ccc(O)c(N=Nc2ccc(OCC)cc2)c1. The summed E-state index contributed by atoms with van der Waals surface area (Å²) in [6.07, 6.45) is 0.994. The first kappa shape index (κ1) is 21.2. The van der Waals surface area contributed by atoms with E-state index in [1.54, 1.807) is 37.3 Å². The standard InChI is InChI=1S/C21H26N2O5/c1-4-6-13-27-21(25)15(3)28-18-11-12-20(24)19(14-18)23-22-16-7-9-17(10-8-16)26-5-2/h7-12,14-15,24H,4-6,13H2,1-3H3. The number of unbranched alkanes of at least 4 members (excludes halogenated alkanes) is 1. The molecule has 0 spiro atoms. The first-order chi connectivity index (χ1) is 13.5. The van der Waals surface area contributed by atoms with E-state index in [2.05, 4.69) is 10.2 Å². The van der Waals surface area contributed by atoms with Gasteiger partial charge in [-0.3, -0.25) is 0 Å². The summed E-state index contributed by atoms with van der Waals surface area (Å²) >= 11 is 0. The van der Waals surface area contributed by atoms with Crippen LogP contribution in [-0.4, -0.2) is 30.4 Å². The molecule has 2 aromatic carbocycles. The number of carbonyl (C=O) groups excluding carboxylic acids is 1. The van der Waals surface area contributed by atoms with Gasteiger partial charge in [0, 0.05) is 6.07 Å². The quantitative estimate of drug-likeness (QED) is 0.339. The summed E-state index contributed by atoms with van der Waals surface area (Å²) in [7, 11) is 0. The van der Waals surface area contributed by atoms with Gasteiger partial charge in [-0.05, 0) is 56.7 Å². The van der Waals surface area contributed by atoms with Crippen molar-refractivity contribution < 1.29 is 24.1 Å². The van der Waals surface area contributed by atoms with E-state index in [9.17, 15) is 9.90 Å². The van der Waals surface area contributed by atoms with Crippen molar-refractivity contribution in [2.45, 2.75) is 39.7 Å². The van der Waals surface area contributed by atoms with Gasteiger partial charge in [-0.15, -0.1) is 5.11 Å². The van der Waals surface area contributed by atoms with E-state index in [0.717, 1.165) is 18.6 Å². The van der Waals surface area contributed by atoms with Crippen LogP contribution in [0.3, 0.4) is 0 Å². The van der Waals surface area contributed by atoms with Crippen LogP contribution >= 0.6 is 0 Å². The molecule has 0 aliphatic heterocycles. The van der Waals surface area contributed by atoms with Crippen LogP contribution in [0.4, 0.5) is 11.4 Å². The molecule has 150 valence electrons. The van der Waals surface area contributed by atoms with Crippen molar-refractivity contribution in [3.05, 3.63) is 42.5 Å². The highest BCUT2D eigenvalue weighted by Gasteiger charge is 2.16. The Labute approximate surface area is 165 Å². The van der Waals surface area contributed by atoms with Gasteiger partial charge < -0.3 is 19.3 Å². The number of carbonyl (C=O) groups is 1. The highest BCUT2D eigenvalue weighted by atomic mass is 16.6. The topological polar surface area (TPSA) is 89.7 Å². The van der Waals surface area contributed by atoms with Gasteiger partial charge in [0.15, 0.2) is 6.10 Å². The van der Waals surface area contributed by atoms with Crippen LogP contribution in [0.5, 0.6) is 17.2 Å². The first-order valence-electron chi connectivity index (χ1n) is 9.34. The monoisotopic (exact) mass is 386 g/mol. The molecular formula is C21H26N2O5. The normalized spacial score (nSPS) is 12.0. The molecule has 1 unspecified atom stereocenters. The Kier molecular flexibility index (Phi) is 8.27. The van der Waals surface area contributed by atoms with E-state index in [4.69, 9.17) is 14.2 Å². The summed E-state index contributed by atoms with van der Waals surface area (Å²) in [6.45, 7) is 6.51. The average molecular weight is 386 g/mol. The number of hydrogen-bond donors (Lipinski definition) is 1. The van der Waals surface area contributed by atoms with Crippen LogP contribution < -0.4 is 9.47 Å². The molecule has 2 aromatic rings. The lowest BCUT2D eigenvalue weighted by molar-refractivity contribution is -0.151. The van der Waals surface area contributed by atoms with Crippen LogP contribution in [0, 0.1) is 0 Å². The molecule has 0 aliphatic carbocycles. The number of azo groups is 1. The Morgan fingerprint density at radius 3 is 2.46 bits per heavy atom. The molecule has 0 amide bonds. The molecule has 0 heterocycles. The van der Waals surface area contributed by atoms with Crippen molar-refractivity contribution in [1.82, 2.24) is 0 Å². The van der Waals surface area contributed by atoms with Gasteiger partial charge >= 0.3 is 5.97 Å². The maximum absolute atomic E-state index is 11.9. The van der Waals surface area contributed by atoms with E-state index in [0.29, 0.717) is 24.7 Å². The summed E-state index contributed by atoms with van der Waals surface area (Å²) in [5.41, 5.74) is 0.847. The van der Waals surface area contributed by atoms with Crippen molar-refractivity contribution in [2.24, 2.45) is 10.2 Å². The van der Waals surface area contributed by atoms with Crippen molar-refractivity contribution in [3.8, 4) is 17.2 Å². The fourth-order valence-electron chi connectivity index (χ4n) is 2.23. The second-order valence-corrected chi connectivity index (χ2v) is 6.06. The Morgan fingerprint density at radius 1 is 1.07 bits per heavy atom. The first-order valence-corrected chi connectivity index (χ1v) is 9.34. The number of hydrogen-bond acceptors (Lipinski definition) is 7. The zero-order valence-electron chi connectivity index (χ0n) is 16.4. The number of esters is 1. The minimum absolute atomic E-state index is 0.0415. The highest BCUT2D eigenvalue weighted by Crippen LogP contribution is 2.32. The fraction of sp³-hybridized carbons (Fsp3) is 0.381. The molecule has 2 rings (SSSR count). The van der Waals surface area contributed by atoms with E-state index in [-0.39, 0.29) is 11.4 Å². The number of nitrogens with zero attached hydrogens (tertiary/aromatic N) is 2. The third kappa shape index (κ3) is 6.57. The van der Waals surface area contributed by atoms with Gasteiger partial charge in [0.2, 0.25) is 0 Å². The molecule has 7 heteroatoms. The number of phenols is 1. The Bertz CT molecular complexity index is 790. The molecule has 7 nitrogen and oxygen atoms in total. The van der Waals surface area contributed by atoms with Gasteiger partial charge in [0.1, 0.15) is 22.9 Å². The molecule has 0 aromatic heterocycles. The summed E-state index contributed by atoms with van der Waals surface area (Å²) < 4.78 is 16.1. The minimum Gasteiger partial charge on any atom is -0.506 e. The highest BCUT2D eigenvalue weighted by molar-refractivity contribution is 5.74. The van der Waals surface area contributed by atoms with Crippen molar-refractivity contribution in [1.29, 1.82) is 0 Å². The molecule has 0 aliphatic rings. The van der Waals surface area contributed by atoms with Gasteiger partial charge in [-0.1, -0.05) is 13.3 Å². The van der Waals surface area contributed by atoms with Crippen LogP contribution in [-0.2, 0) is 9.53 Å². The van der Waals surface area contributed by atoms with Crippen molar-refractivity contribution >= 4 is 17.3 Å². The van der Waals surface area contributed by atoms with Crippen LogP contribution in [0.1, 0.15) is 33.6 Å². The second-order valence-electron chi connectivity index (χ2n) is 6.06. The average Bonchev–Trinajstić information content (AvgIpc) is 2.69. The molecule has 0 saturated heterocycles. The number of benzene rings is 2. The summed E-state index contributed by atoms with van der Waals surface area (Å²) in [5.74, 6) is 0.664.